The van der Waals surface area contributed by atoms with Crippen LogP contribution in [0.15, 0.2) is 42.6 Å². The molecular formula is C28H25F3N6O3. The molecule has 2 aliphatic carbocycles. The van der Waals surface area contributed by atoms with E-state index in [1.165, 1.54) is 24.4 Å². The molecule has 2 unspecified atom stereocenters. The smallest absolute Gasteiger partial charge is 0.387 e. The maximum absolute atomic E-state index is 15.2. The quantitative estimate of drug-likeness (QED) is 0.396. The normalized spacial score (nSPS) is 27.0. The summed E-state index contributed by atoms with van der Waals surface area (Å²) in [6, 6.07) is 8.91. The number of fused-ring (bicyclic) bond motifs is 9. The van der Waals surface area contributed by atoms with Crippen molar-refractivity contribution in [2.45, 2.75) is 55.9 Å². The summed E-state index contributed by atoms with van der Waals surface area (Å²) in [7, 11) is 1.67. The summed E-state index contributed by atoms with van der Waals surface area (Å²) >= 11 is 0. The zero-order valence-electron chi connectivity index (χ0n) is 21.6. The number of amides is 1. The van der Waals surface area contributed by atoms with Crippen LogP contribution in [-0.4, -0.2) is 54.8 Å². The minimum Gasteiger partial charge on any atom is -0.434 e. The first-order valence-corrected chi connectivity index (χ1v) is 12.9. The molecular weight excluding hydrogens is 525 g/mol. The van der Waals surface area contributed by atoms with Crippen molar-refractivity contribution in [1.29, 1.82) is 0 Å². The molecule has 0 radical (unpaired) electrons. The SMILES string of the molecule is CN1C(=O)c2cccc(OC(F)F)c2C2CC1c1nc3ccc(-c4cnc(C5(N)CC(C)(O)C5)c(F)c4)nn3c12. The number of hydrogen-bond donors (Lipinski definition) is 2. The number of nitrogens with zero attached hydrogens (tertiary/aromatic N) is 5. The fourth-order valence-corrected chi connectivity index (χ4v) is 6.77. The van der Waals surface area contributed by atoms with Crippen molar-refractivity contribution in [2.24, 2.45) is 5.73 Å². The molecule has 1 aliphatic heterocycles. The fourth-order valence-electron chi connectivity index (χ4n) is 6.77. The lowest BCUT2D eigenvalue weighted by molar-refractivity contribution is -0.0764. The number of aromatic nitrogens is 4. The third-order valence-corrected chi connectivity index (χ3v) is 8.30. The van der Waals surface area contributed by atoms with Crippen LogP contribution in [0.5, 0.6) is 5.75 Å². The molecule has 1 saturated carbocycles. The van der Waals surface area contributed by atoms with Gasteiger partial charge in [0.05, 0.1) is 40.0 Å². The van der Waals surface area contributed by atoms with Crippen LogP contribution in [0, 0.1) is 5.82 Å². The summed E-state index contributed by atoms with van der Waals surface area (Å²) in [6.07, 6.45) is 2.32. The first kappa shape index (κ1) is 25.0. The van der Waals surface area contributed by atoms with Crippen LogP contribution in [0.4, 0.5) is 13.2 Å². The molecule has 3 aromatic heterocycles. The van der Waals surface area contributed by atoms with Crippen LogP contribution in [0.2, 0.25) is 0 Å². The molecule has 2 bridgehead atoms. The predicted octanol–water partition coefficient (Wildman–Crippen LogP) is 3.89. The zero-order chi connectivity index (χ0) is 28.1. The van der Waals surface area contributed by atoms with Crippen molar-refractivity contribution in [3.05, 3.63) is 76.6 Å². The number of pyridine rings is 1. The zero-order valence-corrected chi connectivity index (χ0v) is 21.6. The second-order valence-corrected chi connectivity index (χ2v) is 11.2. The van der Waals surface area contributed by atoms with Gasteiger partial charge in [0.1, 0.15) is 11.6 Å². The Kier molecular flexibility index (Phi) is 5.15. The second kappa shape index (κ2) is 8.24. The monoisotopic (exact) mass is 550 g/mol. The Labute approximate surface area is 226 Å². The number of nitrogens with two attached hydrogens (primary N) is 1. The summed E-state index contributed by atoms with van der Waals surface area (Å²) in [4.78, 5) is 23.9. The van der Waals surface area contributed by atoms with E-state index < -0.39 is 29.5 Å². The molecule has 7 rings (SSSR count). The number of benzene rings is 1. The Hall–Kier alpha value is -4.03. The molecule has 1 fully saturated rings. The highest BCUT2D eigenvalue weighted by Crippen LogP contribution is 2.52. The van der Waals surface area contributed by atoms with E-state index in [0.29, 0.717) is 40.3 Å². The van der Waals surface area contributed by atoms with Gasteiger partial charge in [-0.25, -0.2) is 13.9 Å². The second-order valence-electron chi connectivity index (χ2n) is 11.2. The Morgan fingerprint density at radius 3 is 2.70 bits per heavy atom. The van der Waals surface area contributed by atoms with E-state index in [9.17, 15) is 18.7 Å². The van der Waals surface area contributed by atoms with Crippen molar-refractivity contribution in [3.63, 3.8) is 0 Å². The largest absolute Gasteiger partial charge is 0.434 e. The maximum atomic E-state index is 15.2. The topological polar surface area (TPSA) is 119 Å². The van der Waals surface area contributed by atoms with Gasteiger partial charge in [-0.2, -0.15) is 13.9 Å². The Morgan fingerprint density at radius 2 is 2.00 bits per heavy atom. The lowest BCUT2D eigenvalue weighted by Crippen LogP contribution is -2.59. The highest BCUT2D eigenvalue weighted by atomic mass is 19.3. The van der Waals surface area contributed by atoms with Crippen LogP contribution >= 0.6 is 0 Å². The molecule has 1 aromatic carbocycles. The minimum absolute atomic E-state index is 0.0635. The number of hydrogen-bond acceptors (Lipinski definition) is 7. The number of imidazole rings is 1. The van der Waals surface area contributed by atoms with E-state index in [-0.39, 0.29) is 41.8 Å². The summed E-state index contributed by atoms with van der Waals surface area (Å²) in [5.74, 6) is -1.45. The fraction of sp³-hybridized carbons (Fsp3) is 0.357. The molecule has 206 valence electrons. The van der Waals surface area contributed by atoms with E-state index >= 15 is 4.39 Å². The third-order valence-electron chi connectivity index (χ3n) is 8.30. The minimum atomic E-state index is -3.06. The first-order chi connectivity index (χ1) is 19.0. The average molecular weight is 551 g/mol. The number of alkyl halides is 2. The standard InChI is InChI=1S/C28H25F3N6O3/c1-27(39)11-28(32,12-27)24-16(29)8-13(10-33-24)17-6-7-20-34-22-18-9-15(23(22)37(20)35-17)21-14(25(38)36(18)2)4-3-5-19(21)40-26(30)31/h3-8,10,15,18,26,39H,9,11-12,32H2,1-2H3. The Bertz CT molecular complexity index is 1710. The molecule has 12 heteroatoms. The van der Waals surface area contributed by atoms with Gasteiger partial charge in [-0.05, 0) is 56.5 Å². The van der Waals surface area contributed by atoms with Crippen LogP contribution in [0.3, 0.4) is 0 Å². The lowest BCUT2D eigenvalue weighted by atomic mass is 9.64. The van der Waals surface area contributed by atoms with E-state index in [1.807, 2.05) is 0 Å². The summed E-state index contributed by atoms with van der Waals surface area (Å²) < 4.78 is 48.3. The highest BCUT2D eigenvalue weighted by Gasteiger charge is 2.52. The van der Waals surface area contributed by atoms with Gasteiger partial charge >= 0.3 is 6.61 Å². The van der Waals surface area contributed by atoms with Crippen LogP contribution < -0.4 is 10.5 Å². The number of halogens is 3. The van der Waals surface area contributed by atoms with Gasteiger partial charge in [-0.15, -0.1) is 0 Å². The lowest BCUT2D eigenvalue weighted by Gasteiger charge is -2.48. The van der Waals surface area contributed by atoms with E-state index in [2.05, 4.69) is 4.98 Å². The number of ether oxygens (including phenoxy) is 1. The van der Waals surface area contributed by atoms with Crippen LogP contribution in [0.1, 0.15) is 71.1 Å². The molecule has 4 heterocycles. The Morgan fingerprint density at radius 1 is 1.23 bits per heavy atom. The van der Waals surface area contributed by atoms with Crippen molar-refractivity contribution in [3.8, 4) is 17.0 Å². The van der Waals surface area contributed by atoms with E-state index in [4.69, 9.17) is 20.6 Å². The molecule has 1 amide bonds. The van der Waals surface area contributed by atoms with E-state index in [1.54, 1.807) is 41.6 Å². The summed E-state index contributed by atoms with van der Waals surface area (Å²) in [5.41, 5.74) is 7.68. The number of aliphatic hydroxyl groups is 1. The third kappa shape index (κ3) is 3.55. The molecule has 9 nitrogen and oxygen atoms in total. The molecule has 40 heavy (non-hydrogen) atoms. The van der Waals surface area contributed by atoms with Crippen molar-refractivity contribution in [2.75, 3.05) is 7.05 Å². The van der Waals surface area contributed by atoms with Gasteiger partial charge in [0.15, 0.2) is 5.65 Å². The molecule has 0 saturated heterocycles. The van der Waals surface area contributed by atoms with Gasteiger partial charge in [-0.3, -0.25) is 9.78 Å². The molecule has 3 N–H and O–H groups in total. The van der Waals surface area contributed by atoms with Gasteiger partial charge in [0.2, 0.25) is 0 Å². The number of carbonyl (C=O) groups excluding carboxylic acids is 1. The van der Waals surface area contributed by atoms with Crippen molar-refractivity contribution in [1.82, 2.24) is 24.5 Å². The summed E-state index contributed by atoms with van der Waals surface area (Å²) in [5, 5.41) is 14.9. The average Bonchev–Trinajstić information content (AvgIpc) is 3.40. The van der Waals surface area contributed by atoms with Gasteiger partial charge in [0.25, 0.3) is 5.91 Å². The van der Waals surface area contributed by atoms with Crippen LogP contribution in [0.25, 0.3) is 16.9 Å². The van der Waals surface area contributed by atoms with E-state index in [0.717, 1.165) is 0 Å². The van der Waals surface area contributed by atoms with Gasteiger partial charge < -0.3 is 20.5 Å². The number of carbonyl (C=O) groups is 1. The molecule has 2 atom stereocenters. The van der Waals surface area contributed by atoms with Crippen molar-refractivity contribution >= 4 is 11.6 Å². The molecule has 4 aromatic rings. The predicted molar refractivity (Wildman–Crippen MR) is 136 cm³/mol. The van der Waals surface area contributed by atoms with Gasteiger partial charge in [0, 0.05) is 35.9 Å². The number of rotatable bonds is 4. The first-order valence-electron chi connectivity index (χ1n) is 12.9. The molecule has 0 spiro atoms. The van der Waals surface area contributed by atoms with Crippen LogP contribution in [-0.2, 0) is 5.54 Å². The van der Waals surface area contributed by atoms with Crippen molar-refractivity contribution < 1.29 is 27.8 Å². The summed E-state index contributed by atoms with van der Waals surface area (Å²) in [6.45, 7) is -1.41. The van der Waals surface area contributed by atoms with Gasteiger partial charge in [-0.1, -0.05) is 6.07 Å². The molecule has 3 aliphatic rings. The maximum Gasteiger partial charge on any atom is 0.387 e. The Balaban J connectivity index is 1.34. The highest BCUT2D eigenvalue weighted by molar-refractivity contribution is 5.98.